The van der Waals surface area contributed by atoms with Crippen molar-refractivity contribution >= 4 is 46.6 Å². The molecule has 1 aromatic heterocycles. The zero-order chi connectivity index (χ0) is 20.1. The Morgan fingerprint density at radius 2 is 2.00 bits per heavy atom. The van der Waals surface area contributed by atoms with Crippen LogP contribution in [0.1, 0.15) is 11.4 Å². The van der Waals surface area contributed by atoms with E-state index in [4.69, 9.17) is 27.9 Å². The largest absolute Gasteiger partial charge is 0.484 e. The van der Waals surface area contributed by atoms with Crippen LogP contribution in [0.3, 0.4) is 0 Å². The highest BCUT2D eigenvalue weighted by Gasteiger charge is 2.13. The maximum absolute atomic E-state index is 12.2. The van der Waals surface area contributed by atoms with Crippen molar-refractivity contribution in [1.82, 2.24) is 14.8 Å². The van der Waals surface area contributed by atoms with Gasteiger partial charge in [0.25, 0.3) is 0 Å². The minimum absolute atomic E-state index is 0.146. The number of para-hydroxylation sites is 1. The van der Waals surface area contributed by atoms with Gasteiger partial charge in [0.2, 0.25) is 5.91 Å². The van der Waals surface area contributed by atoms with E-state index in [1.807, 2.05) is 32.2 Å². The third kappa shape index (κ3) is 5.19. The van der Waals surface area contributed by atoms with Crippen LogP contribution in [0.4, 0.5) is 5.69 Å². The van der Waals surface area contributed by atoms with Crippen molar-refractivity contribution in [3.05, 3.63) is 63.9 Å². The summed E-state index contributed by atoms with van der Waals surface area (Å²) in [6.45, 7) is 2.13. The SMILES string of the molecule is Cc1ccc(Cl)cc1NC(=O)CSc1nnc(COc2ccccc2Cl)n1C. The quantitative estimate of drug-likeness (QED) is 0.541. The number of aromatic nitrogens is 3. The van der Waals surface area contributed by atoms with Gasteiger partial charge >= 0.3 is 0 Å². The number of thioether (sulfide) groups is 1. The number of halogens is 2. The first-order chi connectivity index (χ1) is 13.4. The smallest absolute Gasteiger partial charge is 0.234 e. The molecule has 28 heavy (non-hydrogen) atoms. The van der Waals surface area contributed by atoms with Crippen LogP contribution in [-0.2, 0) is 18.4 Å². The van der Waals surface area contributed by atoms with E-state index in [-0.39, 0.29) is 18.3 Å². The summed E-state index contributed by atoms with van der Waals surface area (Å²) < 4.78 is 7.48. The fourth-order valence-electron chi connectivity index (χ4n) is 2.35. The number of anilines is 1. The highest BCUT2D eigenvalue weighted by Crippen LogP contribution is 2.25. The average molecular weight is 437 g/mol. The van der Waals surface area contributed by atoms with Gasteiger partial charge in [0, 0.05) is 17.8 Å². The normalized spacial score (nSPS) is 10.7. The summed E-state index contributed by atoms with van der Waals surface area (Å²) in [6.07, 6.45) is 0. The highest BCUT2D eigenvalue weighted by molar-refractivity contribution is 7.99. The number of rotatable bonds is 7. The van der Waals surface area contributed by atoms with Crippen LogP contribution in [0.5, 0.6) is 5.75 Å². The van der Waals surface area contributed by atoms with E-state index < -0.39 is 0 Å². The zero-order valence-electron chi connectivity index (χ0n) is 15.3. The van der Waals surface area contributed by atoms with Crippen LogP contribution in [0, 0.1) is 6.92 Å². The molecule has 9 heteroatoms. The summed E-state index contributed by atoms with van der Waals surface area (Å²) in [4.78, 5) is 12.2. The van der Waals surface area contributed by atoms with Gasteiger partial charge in [-0.2, -0.15) is 0 Å². The van der Waals surface area contributed by atoms with Gasteiger partial charge in [0.05, 0.1) is 10.8 Å². The van der Waals surface area contributed by atoms with Gasteiger partial charge in [0.15, 0.2) is 11.0 Å². The monoisotopic (exact) mass is 436 g/mol. The summed E-state index contributed by atoms with van der Waals surface area (Å²) in [5.41, 5.74) is 1.64. The first-order valence-corrected chi connectivity index (χ1v) is 10.1. The third-order valence-corrected chi connectivity index (χ3v) is 5.49. The van der Waals surface area contributed by atoms with Crippen molar-refractivity contribution in [1.29, 1.82) is 0 Å². The van der Waals surface area contributed by atoms with Crippen LogP contribution in [-0.4, -0.2) is 26.4 Å². The fraction of sp³-hybridized carbons (Fsp3) is 0.211. The Hall–Kier alpha value is -2.22. The molecular formula is C19H18Cl2N4O2S. The second kappa shape index (κ2) is 9.32. The van der Waals surface area contributed by atoms with Gasteiger partial charge in [-0.15, -0.1) is 10.2 Å². The van der Waals surface area contributed by atoms with Crippen molar-refractivity contribution in [3.63, 3.8) is 0 Å². The molecule has 0 radical (unpaired) electrons. The lowest BCUT2D eigenvalue weighted by molar-refractivity contribution is -0.113. The first-order valence-electron chi connectivity index (χ1n) is 8.38. The molecule has 1 heterocycles. The zero-order valence-corrected chi connectivity index (χ0v) is 17.6. The highest BCUT2D eigenvalue weighted by atomic mass is 35.5. The van der Waals surface area contributed by atoms with Crippen molar-refractivity contribution in [2.24, 2.45) is 7.05 Å². The predicted octanol–water partition coefficient (Wildman–Crippen LogP) is 4.74. The van der Waals surface area contributed by atoms with E-state index in [2.05, 4.69) is 15.5 Å². The molecule has 0 atom stereocenters. The van der Waals surface area contributed by atoms with Gasteiger partial charge in [-0.25, -0.2) is 0 Å². The van der Waals surface area contributed by atoms with Crippen LogP contribution >= 0.6 is 35.0 Å². The fourth-order valence-corrected chi connectivity index (χ4v) is 3.44. The second-order valence-corrected chi connectivity index (χ2v) is 7.76. The molecule has 0 fully saturated rings. The maximum Gasteiger partial charge on any atom is 0.234 e. The van der Waals surface area contributed by atoms with Gasteiger partial charge in [-0.05, 0) is 36.8 Å². The van der Waals surface area contributed by atoms with Gasteiger partial charge in [-0.3, -0.25) is 4.79 Å². The number of amides is 1. The Labute approximate surface area is 177 Å². The summed E-state index contributed by atoms with van der Waals surface area (Å²) >= 11 is 13.4. The number of aryl methyl sites for hydroxylation is 1. The molecule has 3 aromatic rings. The standard InChI is InChI=1S/C19H18Cl2N4O2S/c1-12-7-8-13(20)9-15(12)22-18(26)11-28-19-24-23-17(25(19)2)10-27-16-6-4-3-5-14(16)21/h3-9H,10-11H2,1-2H3,(H,22,26). The van der Waals surface area contributed by atoms with Crippen molar-refractivity contribution in [2.45, 2.75) is 18.7 Å². The molecule has 3 rings (SSSR count). The molecule has 0 aliphatic carbocycles. The van der Waals surface area contributed by atoms with Gasteiger partial charge < -0.3 is 14.6 Å². The molecule has 0 saturated heterocycles. The molecule has 0 saturated carbocycles. The van der Waals surface area contributed by atoms with Gasteiger partial charge in [0.1, 0.15) is 12.4 Å². The Bertz CT molecular complexity index is 994. The predicted molar refractivity (Wildman–Crippen MR) is 112 cm³/mol. The molecule has 1 amide bonds. The van der Waals surface area contributed by atoms with Crippen LogP contribution < -0.4 is 10.1 Å². The number of nitrogens with one attached hydrogen (secondary N) is 1. The second-order valence-electron chi connectivity index (χ2n) is 5.97. The summed E-state index contributed by atoms with van der Waals surface area (Å²) in [5.74, 6) is 1.27. The van der Waals surface area contributed by atoms with Gasteiger partial charge in [-0.1, -0.05) is 53.2 Å². The van der Waals surface area contributed by atoms with Crippen molar-refractivity contribution < 1.29 is 9.53 Å². The van der Waals surface area contributed by atoms with E-state index in [1.54, 1.807) is 28.8 Å². The van der Waals surface area contributed by atoms with Crippen molar-refractivity contribution in [3.8, 4) is 5.75 Å². The molecule has 1 N–H and O–H groups in total. The molecule has 0 aliphatic heterocycles. The molecule has 0 unspecified atom stereocenters. The molecule has 146 valence electrons. The summed E-state index contributed by atoms with van der Waals surface area (Å²) in [7, 11) is 1.83. The number of ether oxygens (including phenoxy) is 1. The Morgan fingerprint density at radius 3 is 2.79 bits per heavy atom. The topological polar surface area (TPSA) is 69.0 Å². The summed E-state index contributed by atoms with van der Waals surface area (Å²) in [5, 5.41) is 12.8. The third-order valence-electron chi connectivity index (χ3n) is 3.92. The molecule has 0 bridgehead atoms. The number of nitrogens with zero attached hydrogens (tertiary/aromatic N) is 3. The summed E-state index contributed by atoms with van der Waals surface area (Å²) in [6, 6.07) is 12.6. The maximum atomic E-state index is 12.2. The lowest BCUT2D eigenvalue weighted by atomic mass is 10.2. The minimum Gasteiger partial charge on any atom is -0.484 e. The molecule has 0 spiro atoms. The van der Waals surface area contributed by atoms with E-state index >= 15 is 0 Å². The molecule has 2 aromatic carbocycles. The molecule has 6 nitrogen and oxygen atoms in total. The average Bonchev–Trinajstić information content (AvgIpc) is 3.02. The lowest BCUT2D eigenvalue weighted by Crippen LogP contribution is -2.15. The number of hydrogen-bond donors (Lipinski definition) is 1. The first kappa shape index (κ1) is 20.5. The van der Waals surface area contributed by atoms with Crippen LogP contribution in [0.2, 0.25) is 10.0 Å². The Morgan fingerprint density at radius 1 is 1.21 bits per heavy atom. The van der Waals surface area contributed by atoms with E-state index in [0.29, 0.717) is 32.5 Å². The Balaban J connectivity index is 1.56. The van der Waals surface area contributed by atoms with E-state index in [1.165, 1.54) is 11.8 Å². The van der Waals surface area contributed by atoms with Crippen LogP contribution in [0.15, 0.2) is 47.6 Å². The van der Waals surface area contributed by atoms with E-state index in [0.717, 1.165) is 5.56 Å². The minimum atomic E-state index is -0.146. The van der Waals surface area contributed by atoms with E-state index in [9.17, 15) is 4.79 Å². The number of hydrogen-bond acceptors (Lipinski definition) is 5. The molecular weight excluding hydrogens is 419 g/mol. The van der Waals surface area contributed by atoms with Crippen LogP contribution in [0.25, 0.3) is 0 Å². The number of carbonyl (C=O) groups excluding carboxylic acids is 1. The Kier molecular flexibility index (Phi) is 6.83. The molecule has 0 aliphatic rings. The lowest BCUT2D eigenvalue weighted by Gasteiger charge is -2.09. The number of benzene rings is 2. The van der Waals surface area contributed by atoms with Crippen molar-refractivity contribution in [2.75, 3.05) is 11.1 Å². The number of carbonyl (C=O) groups is 1.